The molecular formula is C21H22ClFN2O8S2. The van der Waals surface area contributed by atoms with Gasteiger partial charge in [0.15, 0.2) is 0 Å². The monoisotopic (exact) mass is 548 g/mol. The number of rotatable bonds is 14. The normalized spacial score (nSPS) is 13.1. The van der Waals surface area contributed by atoms with Crippen LogP contribution in [0.3, 0.4) is 0 Å². The molecule has 0 aliphatic heterocycles. The number of carboxylic acid groups (broad SMARTS) is 2. The number of nitrogens with one attached hydrogen (secondary N) is 2. The largest absolute Gasteiger partial charge is 0.481 e. The number of hydrogen-bond donors (Lipinski definition) is 4. The third kappa shape index (κ3) is 8.09. The van der Waals surface area contributed by atoms with Crippen molar-refractivity contribution in [1.29, 1.82) is 0 Å². The number of hydrogen-bond acceptors (Lipinski definition) is 7. The Bertz CT molecular complexity index is 1190. The highest BCUT2D eigenvalue weighted by atomic mass is 35.5. The van der Waals surface area contributed by atoms with Gasteiger partial charge in [-0.1, -0.05) is 24.1 Å². The van der Waals surface area contributed by atoms with E-state index in [4.69, 9.17) is 21.8 Å². The SMILES string of the molecule is O=CC(CC(=O)O)NC(=O)C(CCCCNS(=O)(=O)c1cc(C(=O)O)c(Cl)cc1F)c1cccs1. The second-order valence-electron chi connectivity index (χ2n) is 7.38. The first-order valence-corrected chi connectivity index (χ1v) is 12.9. The van der Waals surface area contributed by atoms with Crippen LogP contribution in [0, 0.1) is 5.82 Å². The molecule has 1 aromatic heterocycles. The molecule has 0 aliphatic carbocycles. The highest BCUT2D eigenvalue weighted by Crippen LogP contribution is 2.27. The predicted octanol–water partition coefficient (Wildman–Crippen LogP) is 2.63. The summed E-state index contributed by atoms with van der Waals surface area (Å²) in [5.41, 5.74) is -0.560. The summed E-state index contributed by atoms with van der Waals surface area (Å²) in [6.07, 6.45) is 0.663. The van der Waals surface area contributed by atoms with Gasteiger partial charge in [0, 0.05) is 11.4 Å². The first-order valence-electron chi connectivity index (χ1n) is 10.2. The molecule has 0 bridgehead atoms. The Morgan fingerprint density at radius 3 is 2.49 bits per heavy atom. The second kappa shape index (κ2) is 12.7. The van der Waals surface area contributed by atoms with Crippen LogP contribution >= 0.6 is 22.9 Å². The lowest BCUT2D eigenvalue weighted by molar-refractivity contribution is -0.138. The molecule has 0 fully saturated rings. The lowest BCUT2D eigenvalue weighted by Gasteiger charge is -2.18. The van der Waals surface area contributed by atoms with Crippen LogP contribution in [0.4, 0.5) is 4.39 Å². The van der Waals surface area contributed by atoms with Gasteiger partial charge in [-0.25, -0.2) is 22.3 Å². The molecule has 0 radical (unpaired) electrons. The fraction of sp³-hybridized carbons (Fsp3) is 0.333. The Labute approximate surface area is 209 Å². The van der Waals surface area contributed by atoms with Crippen LogP contribution in [0.1, 0.15) is 46.8 Å². The van der Waals surface area contributed by atoms with Crippen molar-refractivity contribution in [2.24, 2.45) is 0 Å². The van der Waals surface area contributed by atoms with Crippen LogP contribution in [0.25, 0.3) is 0 Å². The van der Waals surface area contributed by atoms with Gasteiger partial charge in [-0.3, -0.25) is 9.59 Å². The van der Waals surface area contributed by atoms with Crippen LogP contribution < -0.4 is 10.0 Å². The number of halogens is 2. The molecule has 14 heteroatoms. The van der Waals surface area contributed by atoms with E-state index in [0.29, 0.717) is 29.7 Å². The zero-order chi connectivity index (χ0) is 26.2. The molecule has 2 aromatic rings. The van der Waals surface area contributed by atoms with Gasteiger partial charge in [0.1, 0.15) is 17.0 Å². The van der Waals surface area contributed by atoms with Gasteiger partial charge in [-0.2, -0.15) is 0 Å². The van der Waals surface area contributed by atoms with Gasteiger partial charge in [-0.15, -0.1) is 11.3 Å². The molecule has 4 N–H and O–H groups in total. The van der Waals surface area contributed by atoms with E-state index < -0.39 is 67.5 Å². The van der Waals surface area contributed by atoms with Crippen molar-refractivity contribution in [3.05, 3.63) is 50.9 Å². The first-order chi connectivity index (χ1) is 16.5. The molecule has 0 saturated carbocycles. The Balaban J connectivity index is 1.99. The first kappa shape index (κ1) is 28.4. The number of sulfonamides is 1. The quantitative estimate of drug-likeness (QED) is 0.206. The molecule has 0 spiro atoms. The summed E-state index contributed by atoms with van der Waals surface area (Å²) in [6, 6.07) is 3.52. The van der Waals surface area contributed by atoms with Crippen molar-refractivity contribution in [3.63, 3.8) is 0 Å². The minimum atomic E-state index is -4.37. The van der Waals surface area contributed by atoms with Crippen molar-refractivity contribution in [2.45, 2.75) is 42.5 Å². The summed E-state index contributed by atoms with van der Waals surface area (Å²) < 4.78 is 41.2. The lowest BCUT2D eigenvalue weighted by Crippen LogP contribution is -2.40. The van der Waals surface area contributed by atoms with Gasteiger partial charge < -0.3 is 20.3 Å². The molecule has 1 amide bonds. The summed E-state index contributed by atoms with van der Waals surface area (Å²) in [5.74, 6) is -5.17. The van der Waals surface area contributed by atoms with E-state index in [2.05, 4.69) is 10.0 Å². The van der Waals surface area contributed by atoms with Crippen molar-refractivity contribution >= 4 is 57.1 Å². The Morgan fingerprint density at radius 1 is 1.20 bits per heavy atom. The van der Waals surface area contributed by atoms with Crippen molar-refractivity contribution in [1.82, 2.24) is 10.0 Å². The number of amides is 1. The van der Waals surface area contributed by atoms with E-state index in [9.17, 15) is 32.0 Å². The topological polar surface area (TPSA) is 167 Å². The maximum atomic E-state index is 14.1. The summed E-state index contributed by atoms with van der Waals surface area (Å²) in [5, 5.41) is 21.6. The van der Waals surface area contributed by atoms with E-state index in [1.807, 2.05) is 0 Å². The maximum Gasteiger partial charge on any atom is 0.337 e. The van der Waals surface area contributed by atoms with Crippen LogP contribution in [-0.2, 0) is 24.4 Å². The average Bonchev–Trinajstić information content (AvgIpc) is 3.29. The van der Waals surface area contributed by atoms with E-state index in [1.165, 1.54) is 11.3 Å². The molecule has 2 unspecified atom stereocenters. The Kier molecular flexibility index (Phi) is 10.3. The van der Waals surface area contributed by atoms with Crippen LogP contribution in [0.15, 0.2) is 34.5 Å². The lowest BCUT2D eigenvalue weighted by atomic mass is 9.98. The number of carbonyl (C=O) groups is 4. The van der Waals surface area contributed by atoms with Gasteiger partial charge in [0.25, 0.3) is 0 Å². The minimum Gasteiger partial charge on any atom is -0.481 e. The summed E-state index contributed by atoms with van der Waals surface area (Å²) in [6.45, 7) is -0.123. The van der Waals surface area contributed by atoms with E-state index in [0.717, 1.165) is 0 Å². The number of benzene rings is 1. The van der Waals surface area contributed by atoms with E-state index in [1.54, 1.807) is 17.5 Å². The highest BCUT2D eigenvalue weighted by Gasteiger charge is 2.26. The Hall–Kier alpha value is -2.87. The number of carbonyl (C=O) groups excluding carboxylic acids is 2. The predicted molar refractivity (Wildman–Crippen MR) is 125 cm³/mol. The fourth-order valence-electron chi connectivity index (χ4n) is 3.15. The molecular weight excluding hydrogens is 527 g/mol. The zero-order valence-electron chi connectivity index (χ0n) is 18.1. The van der Waals surface area contributed by atoms with Crippen LogP contribution in [0.2, 0.25) is 5.02 Å². The Morgan fingerprint density at radius 2 is 1.91 bits per heavy atom. The number of aromatic carboxylic acids is 1. The number of thiophene rings is 1. The van der Waals surface area contributed by atoms with Crippen LogP contribution in [-0.4, -0.2) is 55.3 Å². The average molecular weight is 549 g/mol. The smallest absolute Gasteiger partial charge is 0.337 e. The molecule has 0 aliphatic rings. The molecule has 1 heterocycles. The van der Waals surface area contributed by atoms with E-state index in [-0.39, 0.29) is 19.4 Å². The third-order valence-corrected chi connectivity index (χ3v) is 7.62. The molecule has 190 valence electrons. The van der Waals surface area contributed by atoms with Gasteiger partial charge >= 0.3 is 11.9 Å². The number of aldehydes is 1. The summed E-state index contributed by atoms with van der Waals surface area (Å²) in [7, 11) is -4.37. The minimum absolute atomic E-state index is 0.123. The van der Waals surface area contributed by atoms with Crippen LogP contribution in [0.5, 0.6) is 0 Å². The standard InChI is InChI=1S/C21H22ClFN2O8S2/c22-15-10-16(23)18(9-14(15)21(30)31)35(32,33)24-6-2-1-4-13(17-5-3-7-34-17)20(29)25-12(11-26)8-19(27)28/h3,5,7,9-13,24H,1-2,4,6,8H2,(H,25,29)(H,27,28)(H,30,31). The van der Waals surface area contributed by atoms with Gasteiger partial charge in [-0.05, 0) is 36.4 Å². The zero-order valence-corrected chi connectivity index (χ0v) is 20.5. The van der Waals surface area contributed by atoms with Gasteiger partial charge in [0.2, 0.25) is 15.9 Å². The van der Waals surface area contributed by atoms with Crippen molar-refractivity contribution < 1.29 is 42.2 Å². The molecule has 10 nitrogen and oxygen atoms in total. The van der Waals surface area contributed by atoms with Gasteiger partial charge in [0.05, 0.1) is 29.0 Å². The number of carboxylic acids is 2. The third-order valence-electron chi connectivity index (χ3n) is 4.84. The van der Waals surface area contributed by atoms with Crippen molar-refractivity contribution in [3.8, 4) is 0 Å². The molecule has 1 aromatic carbocycles. The molecule has 2 atom stereocenters. The maximum absolute atomic E-state index is 14.1. The van der Waals surface area contributed by atoms with Crippen molar-refractivity contribution in [2.75, 3.05) is 6.54 Å². The summed E-state index contributed by atoms with van der Waals surface area (Å²) in [4.78, 5) is 45.6. The number of unbranched alkanes of at least 4 members (excludes halogenated alkanes) is 1. The fourth-order valence-corrected chi connectivity index (χ4v) is 5.40. The second-order valence-corrected chi connectivity index (χ2v) is 10.5. The molecule has 2 rings (SSSR count). The molecule has 0 saturated heterocycles. The number of aliphatic carboxylic acids is 1. The highest BCUT2D eigenvalue weighted by molar-refractivity contribution is 7.89. The summed E-state index contributed by atoms with van der Waals surface area (Å²) >= 11 is 6.94. The molecule has 35 heavy (non-hydrogen) atoms. The van der Waals surface area contributed by atoms with E-state index >= 15 is 0 Å².